The minimum absolute atomic E-state index is 0.719. The lowest BCUT2D eigenvalue weighted by Gasteiger charge is -2.09. The van der Waals surface area contributed by atoms with Crippen LogP contribution in [0.25, 0.3) is 11.0 Å². The number of rotatable bonds is 2. The molecule has 16 heavy (non-hydrogen) atoms. The van der Waals surface area contributed by atoms with Gasteiger partial charge in [-0.15, -0.1) is 0 Å². The largest absolute Gasteiger partial charge is 0.330 e. The van der Waals surface area contributed by atoms with Gasteiger partial charge >= 0.3 is 0 Å². The van der Waals surface area contributed by atoms with Crippen molar-refractivity contribution in [3.8, 4) is 0 Å². The van der Waals surface area contributed by atoms with Gasteiger partial charge in [0, 0.05) is 6.54 Å². The standard InChI is InChI=1S/C12H14ClN3/c13-10-2-1-3-11-12(10)15-8-16(11)7-9-4-5-14-6-9/h1-3,8-9,14H,4-7H2. The molecule has 1 aromatic heterocycles. The maximum absolute atomic E-state index is 6.10. The zero-order valence-corrected chi connectivity index (χ0v) is 9.74. The molecule has 2 aromatic rings. The summed E-state index contributed by atoms with van der Waals surface area (Å²) in [4.78, 5) is 4.37. The van der Waals surface area contributed by atoms with Crippen molar-refractivity contribution in [2.24, 2.45) is 5.92 Å². The number of benzene rings is 1. The van der Waals surface area contributed by atoms with Crippen LogP contribution in [0, 0.1) is 5.92 Å². The molecule has 2 heterocycles. The van der Waals surface area contributed by atoms with Crippen molar-refractivity contribution in [3.05, 3.63) is 29.5 Å². The molecular weight excluding hydrogens is 222 g/mol. The molecule has 0 radical (unpaired) electrons. The quantitative estimate of drug-likeness (QED) is 0.866. The Labute approximate surface area is 99.4 Å². The maximum Gasteiger partial charge on any atom is 0.107 e. The third-order valence-electron chi connectivity index (χ3n) is 3.22. The van der Waals surface area contributed by atoms with E-state index in [-0.39, 0.29) is 0 Å². The monoisotopic (exact) mass is 235 g/mol. The first-order valence-corrected chi connectivity index (χ1v) is 6.02. The SMILES string of the molecule is Clc1cccc2c1ncn2CC1CCNC1. The molecule has 1 N–H and O–H groups in total. The summed E-state index contributed by atoms with van der Waals surface area (Å²) in [6, 6.07) is 5.95. The van der Waals surface area contributed by atoms with Crippen LogP contribution in [0.4, 0.5) is 0 Å². The van der Waals surface area contributed by atoms with E-state index in [1.807, 2.05) is 18.5 Å². The highest BCUT2D eigenvalue weighted by Gasteiger charge is 2.16. The summed E-state index contributed by atoms with van der Waals surface area (Å²) in [7, 11) is 0. The van der Waals surface area contributed by atoms with Crippen LogP contribution in [0.5, 0.6) is 0 Å². The van der Waals surface area contributed by atoms with Gasteiger partial charge in [0.2, 0.25) is 0 Å². The Hall–Kier alpha value is -1.06. The molecule has 0 spiro atoms. The topological polar surface area (TPSA) is 29.9 Å². The first-order chi connectivity index (χ1) is 7.84. The van der Waals surface area contributed by atoms with Crippen LogP contribution in [-0.2, 0) is 6.54 Å². The van der Waals surface area contributed by atoms with Gasteiger partial charge < -0.3 is 9.88 Å². The summed E-state index contributed by atoms with van der Waals surface area (Å²) >= 11 is 6.10. The molecule has 0 aliphatic carbocycles. The molecule has 1 saturated heterocycles. The smallest absolute Gasteiger partial charge is 0.107 e. The van der Waals surface area contributed by atoms with E-state index in [4.69, 9.17) is 11.6 Å². The maximum atomic E-state index is 6.10. The molecule has 4 heteroatoms. The zero-order valence-electron chi connectivity index (χ0n) is 8.99. The van der Waals surface area contributed by atoms with Gasteiger partial charge in [-0.3, -0.25) is 0 Å². The molecule has 1 fully saturated rings. The van der Waals surface area contributed by atoms with E-state index in [0.29, 0.717) is 0 Å². The van der Waals surface area contributed by atoms with Gasteiger partial charge in [-0.05, 0) is 37.6 Å². The minimum atomic E-state index is 0.719. The van der Waals surface area contributed by atoms with Crippen LogP contribution in [-0.4, -0.2) is 22.6 Å². The molecule has 0 saturated carbocycles. The number of nitrogens with one attached hydrogen (secondary N) is 1. The highest BCUT2D eigenvalue weighted by atomic mass is 35.5. The van der Waals surface area contributed by atoms with Crippen molar-refractivity contribution < 1.29 is 0 Å². The van der Waals surface area contributed by atoms with Crippen LogP contribution < -0.4 is 5.32 Å². The minimum Gasteiger partial charge on any atom is -0.330 e. The fourth-order valence-corrected chi connectivity index (χ4v) is 2.57. The first-order valence-electron chi connectivity index (χ1n) is 5.64. The van der Waals surface area contributed by atoms with E-state index >= 15 is 0 Å². The number of para-hydroxylation sites is 1. The van der Waals surface area contributed by atoms with Crippen molar-refractivity contribution >= 4 is 22.6 Å². The summed E-state index contributed by atoms with van der Waals surface area (Å²) in [6.45, 7) is 3.28. The Morgan fingerprint density at radius 3 is 3.25 bits per heavy atom. The lowest BCUT2D eigenvalue weighted by Crippen LogP contribution is -2.13. The van der Waals surface area contributed by atoms with E-state index in [9.17, 15) is 0 Å². The van der Waals surface area contributed by atoms with E-state index in [0.717, 1.165) is 41.6 Å². The molecule has 3 nitrogen and oxygen atoms in total. The van der Waals surface area contributed by atoms with Crippen LogP contribution in [0.2, 0.25) is 5.02 Å². The number of aromatic nitrogens is 2. The molecule has 3 rings (SSSR count). The van der Waals surface area contributed by atoms with Crippen molar-refractivity contribution in [1.82, 2.24) is 14.9 Å². The van der Waals surface area contributed by atoms with Crippen molar-refractivity contribution in [2.45, 2.75) is 13.0 Å². The Bertz CT molecular complexity index is 500. The predicted molar refractivity (Wildman–Crippen MR) is 65.7 cm³/mol. The number of nitrogens with zero attached hydrogens (tertiary/aromatic N) is 2. The first kappa shape index (κ1) is 10.1. The average molecular weight is 236 g/mol. The van der Waals surface area contributed by atoms with Crippen LogP contribution >= 0.6 is 11.6 Å². The number of halogens is 1. The van der Waals surface area contributed by atoms with E-state index in [1.54, 1.807) is 0 Å². The van der Waals surface area contributed by atoms with Crippen molar-refractivity contribution in [2.75, 3.05) is 13.1 Å². The third-order valence-corrected chi connectivity index (χ3v) is 3.52. The lowest BCUT2D eigenvalue weighted by atomic mass is 10.1. The summed E-state index contributed by atoms with van der Waals surface area (Å²) < 4.78 is 2.21. The summed E-state index contributed by atoms with van der Waals surface area (Å²) in [5.41, 5.74) is 2.05. The summed E-state index contributed by atoms with van der Waals surface area (Å²) in [6.07, 6.45) is 3.15. The lowest BCUT2D eigenvalue weighted by molar-refractivity contribution is 0.489. The highest BCUT2D eigenvalue weighted by Crippen LogP contribution is 2.23. The van der Waals surface area contributed by atoms with Crippen LogP contribution in [0.3, 0.4) is 0 Å². The second-order valence-electron chi connectivity index (χ2n) is 4.36. The number of fused-ring (bicyclic) bond motifs is 1. The summed E-state index contributed by atoms with van der Waals surface area (Å²) in [5, 5.41) is 4.12. The fraction of sp³-hybridized carbons (Fsp3) is 0.417. The van der Waals surface area contributed by atoms with Gasteiger partial charge in [0.05, 0.1) is 16.9 Å². The number of hydrogen-bond donors (Lipinski definition) is 1. The van der Waals surface area contributed by atoms with Crippen LogP contribution in [0.15, 0.2) is 24.5 Å². The summed E-state index contributed by atoms with van der Waals surface area (Å²) in [5.74, 6) is 0.719. The molecule has 1 aliphatic heterocycles. The molecule has 0 amide bonds. The molecule has 1 aromatic carbocycles. The molecular formula is C12H14ClN3. The Balaban J connectivity index is 1.94. The van der Waals surface area contributed by atoms with Crippen LogP contribution in [0.1, 0.15) is 6.42 Å². The predicted octanol–water partition coefficient (Wildman–Crippen LogP) is 2.30. The fourth-order valence-electron chi connectivity index (χ4n) is 2.35. The van der Waals surface area contributed by atoms with E-state index in [1.165, 1.54) is 6.42 Å². The van der Waals surface area contributed by atoms with Gasteiger partial charge in [-0.25, -0.2) is 4.98 Å². The van der Waals surface area contributed by atoms with Gasteiger partial charge in [-0.1, -0.05) is 17.7 Å². The average Bonchev–Trinajstić information content (AvgIpc) is 2.90. The van der Waals surface area contributed by atoms with E-state index < -0.39 is 0 Å². The normalized spacial score (nSPS) is 20.7. The Morgan fingerprint density at radius 1 is 1.50 bits per heavy atom. The molecule has 1 aliphatic rings. The van der Waals surface area contributed by atoms with Crippen molar-refractivity contribution in [1.29, 1.82) is 0 Å². The highest BCUT2D eigenvalue weighted by molar-refractivity contribution is 6.34. The molecule has 1 atom stereocenters. The molecule has 1 unspecified atom stereocenters. The second kappa shape index (κ2) is 4.07. The number of imidazole rings is 1. The van der Waals surface area contributed by atoms with Crippen molar-refractivity contribution in [3.63, 3.8) is 0 Å². The zero-order chi connectivity index (χ0) is 11.0. The number of hydrogen-bond acceptors (Lipinski definition) is 2. The molecule has 0 bridgehead atoms. The van der Waals surface area contributed by atoms with E-state index in [2.05, 4.69) is 20.9 Å². The Morgan fingerprint density at radius 2 is 2.44 bits per heavy atom. The second-order valence-corrected chi connectivity index (χ2v) is 4.77. The van der Waals surface area contributed by atoms with Gasteiger partial charge in [0.15, 0.2) is 0 Å². The Kier molecular flexibility index (Phi) is 2.58. The third kappa shape index (κ3) is 1.70. The van der Waals surface area contributed by atoms with Gasteiger partial charge in [-0.2, -0.15) is 0 Å². The molecule has 84 valence electrons. The van der Waals surface area contributed by atoms with Gasteiger partial charge in [0.1, 0.15) is 5.52 Å². The van der Waals surface area contributed by atoms with Gasteiger partial charge in [0.25, 0.3) is 0 Å².